The minimum absolute atomic E-state index is 0.600. The van der Waals surface area contributed by atoms with Crippen LogP contribution < -0.4 is 10.1 Å². The minimum atomic E-state index is 0.600. The monoisotopic (exact) mass is 245 g/mol. The largest absolute Gasteiger partial charge is 0.496 e. The summed E-state index contributed by atoms with van der Waals surface area (Å²) in [6.07, 6.45) is 5.24. The lowest BCUT2D eigenvalue weighted by atomic mass is 9.80. The molecular weight excluding hydrogens is 222 g/mol. The standard InChI is InChI=1S/C16H23NO/c1-11-13-4-3-5-16(18-2)14(13)8-9-15(11)17-10-12-6-7-12/h3-5,11-12,15,17H,6-10H2,1-2H3/t11-,15+/m1/s1. The van der Waals surface area contributed by atoms with Gasteiger partial charge in [-0.1, -0.05) is 19.1 Å². The van der Waals surface area contributed by atoms with Crippen molar-refractivity contribution in [3.63, 3.8) is 0 Å². The lowest BCUT2D eigenvalue weighted by Crippen LogP contribution is -2.38. The fraction of sp³-hybridized carbons (Fsp3) is 0.625. The second-order valence-corrected chi connectivity index (χ2v) is 5.81. The number of hydrogen-bond acceptors (Lipinski definition) is 2. The maximum atomic E-state index is 5.48. The van der Waals surface area contributed by atoms with Crippen LogP contribution in [0.25, 0.3) is 0 Å². The van der Waals surface area contributed by atoms with Gasteiger partial charge in [-0.25, -0.2) is 0 Å². The van der Waals surface area contributed by atoms with E-state index in [9.17, 15) is 0 Å². The van der Waals surface area contributed by atoms with Gasteiger partial charge in [0.2, 0.25) is 0 Å². The van der Waals surface area contributed by atoms with E-state index >= 15 is 0 Å². The molecule has 1 fully saturated rings. The summed E-state index contributed by atoms with van der Waals surface area (Å²) >= 11 is 0. The smallest absolute Gasteiger partial charge is 0.122 e. The molecule has 2 heteroatoms. The van der Waals surface area contributed by atoms with Crippen LogP contribution >= 0.6 is 0 Å². The first-order valence-corrected chi connectivity index (χ1v) is 7.18. The molecule has 2 aliphatic carbocycles. The van der Waals surface area contributed by atoms with Crippen molar-refractivity contribution < 1.29 is 4.74 Å². The van der Waals surface area contributed by atoms with Crippen LogP contribution in [0.5, 0.6) is 5.75 Å². The number of methoxy groups -OCH3 is 1. The molecule has 1 saturated carbocycles. The fourth-order valence-electron chi connectivity index (χ4n) is 3.15. The molecule has 0 spiro atoms. The maximum absolute atomic E-state index is 5.48. The van der Waals surface area contributed by atoms with Gasteiger partial charge >= 0.3 is 0 Å². The molecule has 0 aromatic heterocycles. The molecule has 2 atom stereocenters. The molecule has 3 rings (SSSR count). The molecule has 0 amide bonds. The fourth-order valence-corrected chi connectivity index (χ4v) is 3.15. The molecule has 1 aromatic rings. The van der Waals surface area contributed by atoms with Crippen LogP contribution in [0, 0.1) is 5.92 Å². The number of nitrogens with one attached hydrogen (secondary N) is 1. The molecule has 0 unspecified atom stereocenters. The van der Waals surface area contributed by atoms with Crippen LogP contribution in [0.2, 0.25) is 0 Å². The molecule has 2 aliphatic rings. The van der Waals surface area contributed by atoms with Crippen LogP contribution in [0.15, 0.2) is 18.2 Å². The van der Waals surface area contributed by atoms with Crippen molar-refractivity contribution in [3.05, 3.63) is 29.3 Å². The minimum Gasteiger partial charge on any atom is -0.496 e. The third-order valence-electron chi connectivity index (χ3n) is 4.55. The SMILES string of the molecule is COc1cccc2c1CC[C@H](NCC1CC1)[C@@H]2C. The Labute approximate surface area is 110 Å². The first-order chi connectivity index (χ1) is 8.79. The van der Waals surface area contributed by atoms with Crippen molar-refractivity contribution in [3.8, 4) is 5.75 Å². The first kappa shape index (κ1) is 12.0. The highest BCUT2D eigenvalue weighted by Crippen LogP contribution is 2.37. The van der Waals surface area contributed by atoms with E-state index in [-0.39, 0.29) is 0 Å². The molecule has 0 heterocycles. The second kappa shape index (κ2) is 4.93. The van der Waals surface area contributed by atoms with Gasteiger partial charge in [-0.3, -0.25) is 0 Å². The lowest BCUT2D eigenvalue weighted by Gasteiger charge is -2.33. The lowest BCUT2D eigenvalue weighted by molar-refractivity contribution is 0.375. The van der Waals surface area contributed by atoms with Crippen molar-refractivity contribution in [2.75, 3.05) is 13.7 Å². The number of ether oxygens (including phenoxy) is 1. The Kier molecular flexibility index (Phi) is 3.29. The van der Waals surface area contributed by atoms with Gasteiger partial charge in [0, 0.05) is 6.04 Å². The highest BCUT2D eigenvalue weighted by Gasteiger charge is 2.29. The molecule has 18 heavy (non-hydrogen) atoms. The van der Waals surface area contributed by atoms with Crippen molar-refractivity contribution >= 4 is 0 Å². The Hall–Kier alpha value is -1.02. The zero-order valence-corrected chi connectivity index (χ0v) is 11.4. The average molecular weight is 245 g/mol. The molecule has 0 radical (unpaired) electrons. The van der Waals surface area contributed by atoms with Gasteiger partial charge in [-0.2, -0.15) is 0 Å². The van der Waals surface area contributed by atoms with Crippen LogP contribution in [0.4, 0.5) is 0 Å². The van der Waals surface area contributed by atoms with Crippen molar-refractivity contribution in [2.45, 2.75) is 44.6 Å². The van der Waals surface area contributed by atoms with Gasteiger partial charge in [-0.15, -0.1) is 0 Å². The zero-order valence-electron chi connectivity index (χ0n) is 11.4. The molecule has 98 valence electrons. The van der Waals surface area contributed by atoms with Gasteiger partial charge in [0.15, 0.2) is 0 Å². The van der Waals surface area contributed by atoms with Crippen LogP contribution in [-0.4, -0.2) is 19.7 Å². The van der Waals surface area contributed by atoms with Crippen molar-refractivity contribution in [2.24, 2.45) is 5.92 Å². The van der Waals surface area contributed by atoms with Gasteiger partial charge in [-0.05, 0) is 61.3 Å². The summed E-state index contributed by atoms with van der Waals surface area (Å²) < 4.78 is 5.48. The van der Waals surface area contributed by atoms with Crippen molar-refractivity contribution in [1.82, 2.24) is 5.32 Å². The molecule has 1 aromatic carbocycles. The Morgan fingerprint density at radius 1 is 1.28 bits per heavy atom. The molecule has 0 aliphatic heterocycles. The van der Waals surface area contributed by atoms with E-state index in [4.69, 9.17) is 4.74 Å². The van der Waals surface area contributed by atoms with Gasteiger partial charge in [0.05, 0.1) is 7.11 Å². The number of hydrogen-bond donors (Lipinski definition) is 1. The third-order valence-corrected chi connectivity index (χ3v) is 4.55. The van der Waals surface area contributed by atoms with E-state index in [0.29, 0.717) is 12.0 Å². The second-order valence-electron chi connectivity index (χ2n) is 5.81. The summed E-state index contributed by atoms with van der Waals surface area (Å²) in [7, 11) is 1.78. The van der Waals surface area contributed by atoms with E-state index in [1.165, 1.54) is 36.9 Å². The van der Waals surface area contributed by atoms with Gasteiger partial charge < -0.3 is 10.1 Å². The Morgan fingerprint density at radius 3 is 2.83 bits per heavy atom. The number of benzene rings is 1. The molecule has 0 saturated heterocycles. The Balaban J connectivity index is 1.75. The molecule has 0 bridgehead atoms. The summed E-state index contributed by atoms with van der Waals surface area (Å²) in [5.41, 5.74) is 2.91. The topological polar surface area (TPSA) is 21.3 Å². The predicted octanol–water partition coefficient (Wildman–Crippen LogP) is 3.11. The normalized spacial score (nSPS) is 26.8. The molecule has 1 N–H and O–H groups in total. The van der Waals surface area contributed by atoms with E-state index in [2.05, 4.69) is 30.4 Å². The zero-order chi connectivity index (χ0) is 12.5. The first-order valence-electron chi connectivity index (χ1n) is 7.18. The van der Waals surface area contributed by atoms with Crippen LogP contribution in [0.1, 0.15) is 43.2 Å². The van der Waals surface area contributed by atoms with Gasteiger partial charge in [0.1, 0.15) is 5.75 Å². The average Bonchev–Trinajstić information content (AvgIpc) is 3.21. The quantitative estimate of drug-likeness (QED) is 0.880. The summed E-state index contributed by atoms with van der Waals surface area (Å²) in [5.74, 6) is 2.63. The van der Waals surface area contributed by atoms with E-state index in [1.54, 1.807) is 7.11 Å². The van der Waals surface area contributed by atoms with Crippen LogP contribution in [-0.2, 0) is 6.42 Å². The Morgan fingerprint density at radius 2 is 2.11 bits per heavy atom. The molecule has 2 nitrogen and oxygen atoms in total. The van der Waals surface area contributed by atoms with E-state index in [0.717, 1.165) is 18.1 Å². The van der Waals surface area contributed by atoms with Gasteiger partial charge in [0.25, 0.3) is 0 Å². The summed E-state index contributed by atoms with van der Waals surface area (Å²) in [5, 5.41) is 3.77. The predicted molar refractivity (Wildman–Crippen MR) is 74.2 cm³/mol. The Bertz CT molecular complexity index is 425. The van der Waals surface area contributed by atoms with Crippen LogP contribution in [0.3, 0.4) is 0 Å². The summed E-state index contributed by atoms with van der Waals surface area (Å²) in [6.45, 7) is 3.57. The summed E-state index contributed by atoms with van der Waals surface area (Å²) in [6, 6.07) is 7.12. The van der Waals surface area contributed by atoms with E-state index in [1.807, 2.05) is 0 Å². The highest BCUT2D eigenvalue weighted by molar-refractivity contribution is 5.44. The number of rotatable bonds is 4. The molecular formula is C16H23NO. The maximum Gasteiger partial charge on any atom is 0.122 e. The number of fused-ring (bicyclic) bond motifs is 1. The van der Waals surface area contributed by atoms with Crippen molar-refractivity contribution in [1.29, 1.82) is 0 Å². The summed E-state index contributed by atoms with van der Waals surface area (Å²) in [4.78, 5) is 0. The third kappa shape index (κ3) is 2.26. The highest BCUT2D eigenvalue weighted by atomic mass is 16.5. The van der Waals surface area contributed by atoms with E-state index < -0.39 is 0 Å².